The molecule has 0 saturated heterocycles. The average molecular weight is 333 g/mol. The van der Waals surface area contributed by atoms with Gasteiger partial charge < -0.3 is 14.5 Å². The lowest BCUT2D eigenvalue weighted by Gasteiger charge is -2.05. The topological polar surface area (TPSA) is 90.1 Å². The number of carbonyl (C=O) groups is 1. The molecule has 0 spiro atoms. The zero-order chi connectivity index (χ0) is 16.1. The van der Waals surface area contributed by atoms with Gasteiger partial charge in [-0.25, -0.2) is 14.8 Å². The van der Waals surface area contributed by atoms with E-state index in [1.807, 2.05) is 30.3 Å². The third-order valence-corrected chi connectivity index (χ3v) is 3.29. The molecule has 1 aromatic carbocycles. The van der Waals surface area contributed by atoms with Crippen LogP contribution in [0, 0.1) is 0 Å². The highest BCUT2D eigenvalue weighted by Gasteiger charge is 2.11. The molecule has 2 aromatic heterocycles. The zero-order valence-electron chi connectivity index (χ0n) is 12.0. The number of halogens is 1. The number of carbonyl (C=O) groups excluding carboxylic acids is 1. The second-order valence-corrected chi connectivity index (χ2v) is 5.02. The highest BCUT2D eigenvalue weighted by atomic mass is 35.5. The van der Waals surface area contributed by atoms with Crippen LogP contribution < -0.4 is 5.32 Å². The first-order chi connectivity index (χ1) is 11.2. The number of fused-ring (bicyclic) bond motifs is 1. The van der Waals surface area contributed by atoms with E-state index in [1.165, 1.54) is 6.33 Å². The second-order valence-electron chi connectivity index (χ2n) is 4.66. The van der Waals surface area contributed by atoms with Crippen molar-refractivity contribution in [2.24, 2.45) is 0 Å². The minimum atomic E-state index is -0.497. The molecular weight excluding hydrogens is 320 g/mol. The summed E-state index contributed by atoms with van der Waals surface area (Å²) in [5.74, 6) is 0.422. The number of benzene rings is 1. The van der Waals surface area contributed by atoms with Crippen LogP contribution in [0.2, 0.25) is 5.15 Å². The van der Waals surface area contributed by atoms with Crippen molar-refractivity contribution in [3.8, 4) is 0 Å². The van der Waals surface area contributed by atoms with Gasteiger partial charge in [-0.05, 0) is 5.56 Å². The van der Waals surface area contributed by atoms with E-state index in [4.69, 9.17) is 20.8 Å². The molecule has 0 aliphatic heterocycles. The van der Waals surface area contributed by atoms with Crippen molar-refractivity contribution in [1.82, 2.24) is 20.3 Å². The smallest absolute Gasteiger partial charge is 0.407 e. The number of nitrogens with zero attached hydrogens (tertiary/aromatic N) is 3. The van der Waals surface area contributed by atoms with Crippen LogP contribution in [0.25, 0.3) is 11.2 Å². The van der Waals surface area contributed by atoms with Crippen LogP contribution >= 0.6 is 11.6 Å². The summed E-state index contributed by atoms with van der Waals surface area (Å²) in [5.41, 5.74) is 1.66. The Labute approximate surface area is 136 Å². The van der Waals surface area contributed by atoms with E-state index < -0.39 is 6.09 Å². The lowest BCUT2D eigenvalue weighted by molar-refractivity contribution is 0.139. The first-order valence-corrected chi connectivity index (χ1v) is 7.30. The van der Waals surface area contributed by atoms with Crippen LogP contribution in [0.15, 0.2) is 41.1 Å². The van der Waals surface area contributed by atoms with Crippen LogP contribution in [0.3, 0.4) is 0 Å². The molecule has 3 aromatic rings. The summed E-state index contributed by atoms with van der Waals surface area (Å²) in [5, 5.41) is 2.87. The van der Waals surface area contributed by atoms with Crippen molar-refractivity contribution in [1.29, 1.82) is 0 Å². The predicted octanol–water partition coefficient (Wildman–Crippen LogP) is 2.74. The maximum Gasteiger partial charge on any atom is 0.407 e. The number of alkyl carbamates (subject to hydrolysis) is 1. The summed E-state index contributed by atoms with van der Waals surface area (Å²) in [7, 11) is 0. The molecule has 2 heterocycles. The molecule has 0 fully saturated rings. The third kappa shape index (κ3) is 3.95. The summed E-state index contributed by atoms with van der Waals surface area (Å²) in [6, 6.07) is 9.45. The van der Waals surface area contributed by atoms with Crippen LogP contribution in [0.1, 0.15) is 11.5 Å². The Balaban J connectivity index is 1.46. The third-order valence-electron chi connectivity index (χ3n) is 3.02. The van der Waals surface area contributed by atoms with Crippen molar-refractivity contribution in [2.75, 3.05) is 6.54 Å². The van der Waals surface area contributed by atoms with Crippen molar-refractivity contribution >= 4 is 28.9 Å². The Bertz CT molecular complexity index is 807. The molecule has 0 aliphatic carbocycles. The molecule has 0 saturated carbocycles. The van der Waals surface area contributed by atoms with Gasteiger partial charge in [-0.3, -0.25) is 0 Å². The maximum atomic E-state index is 11.6. The Morgan fingerprint density at radius 3 is 2.87 bits per heavy atom. The molecular formula is C15H13ClN4O3. The van der Waals surface area contributed by atoms with E-state index in [1.54, 1.807) is 0 Å². The van der Waals surface area contributed by atoms with Gasteiger partial charge >= 0.3 is 6.09 Å². The molecule has 0 aliphatic rings. The van der Waals surface area contributed by atoms with Crippen molar-refractivity contribution in [2.45, 2.75) is 13.0 Å². The number of rotatable bonds is 5. The van der Waals surface area contributed by atoms with Gasteiger partial charge in [0.15, 0.2) is 16.6 Å². The quantitative estimate of drug-likeness (QED) is 0.722. The number of amides is 1. The molecule has 1 amide bonds. The van der Waals surface area contributed by atoms with E-state index in [0.717, 1.165) is 5.56 Å². The highest BCUT2D eigenvalue weighted by molar-refractivity contribution is 6.33. The molecule has 23 heavy (non-hydrogen) atoms. The standard InChI is InChI=1S/C15H13ClN4O3/c16-13-12-14(19-9-18-13)23-11(20-12)6-7-17-15(21)22-8-10-4-2-1-3-5-10/h1-5,9H,6-8H2,(H,17,21). The zero-order valence-corrected chi connectivity index (χ0v) is 12.8. The first-order valence-electron chi connectivity index (χ1n) is 6.93. The number of hydrogen-bond donors (Lipinski definition) is 1. The van der Waals surface area contributed by atoms with Gasteiger partial charge in [0.1, 0.15) is 12.9 Å². The summed E-state index contributed by atoms with van der Waals surface area (Å²) in [6.45, 7) is 0.548. The van der Waals surface area contributed by atoms with Gasteiger partial charge in [0.2, 0.25) is 0 Å². The number of hydrogen-bond acceptors (Lipinski definition) is 6. The Morgan fingerprint density at radius 2 is 2.09 bits per heavy atom. The molecule has 0 atom stereocenters. The van der Waals surface area contributed by atoms with Crippen molar-refractivity contribution in [3.05, 3.63) is 53.3 Å². The summed E-state index contributed by atoms with van der Waals surface area (Å²) in [6.07, 6.45) is 1.20. The van der Waals surface area contributed by atoms with Gasteiger partial charge in [0, 0.05) is 13.0 Å². The molecule has 7 nitrogen and oxygen atoms in total. The fourth-order valence-corrected chi connectivity index (χ4v) is 2.09. The van der Waals surface area contributed by atoms with Crippen LogP contribution in [-0.2, 0) is 17.8 Å². The van der Waals surface area contributed by atoms with Gasteiger partial charge in [-0.2, -0.15) is 4.98 Å². The lowest BCUT2D eigenvalue weighted by Crippen LogP contribution is -2.26. The Morgan fingerprint density at radius 1 is 1.26 bits per heavy atom. The molecule has 3 rings (SSSR count). The normalized spacial score (nSPS) is 10.7. The molecule has 118 valence electrons. The van der Waals surface area contributed by atoms with E-state index in [9.17, 15) is 4.79 Å². The summed E-state index contributed by atoms with van der Waals surface area (Å²) in [4.78, 5) is 23.5. The van der Waals surface area contributed by atoms with Crippen LogP contribution in [0.4, 0.5) is 4.79 Å². The molecule has 0 bridgehead atoms. The predicted molar refractivity (Wildman–Crippen MR) is 82.9 cm³/mol. The summed E-state index contributed by atoms with van der Waals surface area (Å²) < 4.78 is 10.5. The Hall–Kier alpha value is -2.67. The fraction of sp³-hybridized carbons (Fsp3) is 0.200. The SMILES string of the molecule is O=C(NCCc1nc2c(Cl)ncnc2o1)OCc1ccccc1. The maximum absolute atomic E-state index is 11.6. The minimum absolute atomic E-state index is 0.223. The van der Waals surface area contributed by atoms with Crippen LogP contribution in [-0.4, -0.2) is 27.6 Å². The first kappa shape index (κ1) is 15.2. The van der Waals surface area contributed by atoms with E-state index in [0.29, 0.717) is 30.1 Å². The van der Waals surface area contributed by atoms with Gasteiger partial charge in [0.05, 0.1) is 0 Å². The van der Waals surface area contributed by atoms with Crippen LogP contribution in [0.5, 0.6) is 0 Å². The Kier molecular flexibility index (Phi) is 4.68. The van der Waals surface area contributed by atoms with E-state index in [2.05, 4.69) is 20.3 Å². The van der Waals surface area contributed by atoms with E-state index in [-0.39, 0.29) is 11.8 Å². The van der Waals surface area contributed by atoms with Crippen molar-refractivity contribution < 1.29 is 13.9 Å². The monoisotopic (exact) mass is 332 g/mol. The average Bonchev–Trinajstić information content (AvgIpc) is 2.98. The molecule has 0 unspecified atom stereocenters. The van der Waals surface area contributed by atoms with Gasteiger partial charge in [-0.1, -0.05) is 41.9 Å². The largest absolute Gasteiger partial charge is 0.445 e. The van der Waals surface area contributed by atoms with E-state index >= 15 is 0 Å². The fourth-order valence-electron chi connectivity index (χ4n) is 1.92. The number of ether oxygens (including phenoxy) is 1. The van der Waals surface area contributed by atoms with Crippen molar-refractivity contribution in [3.63, 3.8) is 0 Å². The summed E-state index contributed by atoms with van der Waals surface area (Å²) >= 11 is 5.89. The number of oxazole rings is 1. The minimum Gasteiger partial charge on any atom is -0.445 e. The lowest BCUT2D eigenvalue weighted by atomic mass is 10.2. The number of aromatic nitrogens is 3. The van der Waals surface area contributed by atoms with Gasteiger partial charge in [-0.15, -0.1) is 0 Å². The highest BCUT2D eigenvalue weighted by Crippen LogP contribution is 2.19. The van der Waals surface area contributed by atoms with Gasteiger partial charge in [0.25, 0.3) is 5.71 Å². The number of nitrogens with one attached hydrogen (secondary N) is 1. The molecule has 0 radical (unpaired) electrons. The molecule has 8 heteroatoms. The molecule has 1 N–H and O–H groups in total. The second kappa shape index (κ2) is 7.06.